The van der Waals surface area contributed by atoms with Gasteiger partial charge in [-0.25, -0.2) is 0 Å². The lowest BCUT2D eigenvalue weighted by atomic mass is 10.1. The first-order valence-electron chi connectivity index (χ1n) is 10.8. The van der Waals surface area contributed by atoms with Gasteiger partial charge in [0.25, 0.3) is 0 Å². The summed E-state index contributed by atoms with van der Waals surface area (Å²) in [5.74, 6) is 1.82. The molecule has 0 amide bonds. The molecule has 0 saturated carbocycles. The molecule has 0 fully saturated rings. The van der Waals surface area contributed by atoms with Crippen LogP contribution in [0, 0.1) is 0 Å². The van der Waals surface area contributed by atoms with E-state index in [1.807, 2.05) is 30.3 Å². The van der Waals surface area contributed by atoms with E-state index in [0.717, 1.165) is 30.1 Å². The fraction of sp³-hybridized carbons (Fsp3) is 0.333. The number of unbranched alkanes of at least 4 members (excludes halogenated alkanes) is 5. The standard InChI is InChI=1S/C27H32O2/c1-2-3-4-5-6-10-21-28-26-17-13-23(14-18-26)22-29-27-19-15-25(16-20-27)24-11-8-7-9-12-24/h7-9,11-20H,2-6,10,21-22H2,1H3. The lowest BCUT2D eigenvalue weighted by molar-refractivity contribution is 0.300. The Morgan fingerprint density at radius 3 is 1.86 bits per heavy atom. The second kappa shape index (κ2) is 12.0. The predicted molar refractivity (Wildman–Crippen MR) is 122 cm³/mol. The molecule has 29 heavy (non-hydrogen) atoms. The van der Waals surface area contributed by atoms with E-state index in [-0.39, 0.29) is 0 Å². The summed E-state index contributed by atoms with van der Waals surface area (Å²) in [4.78, 5) is 0. The molecular formula is C27H32O2. The lowest BCUT2D eigenvalue weighted by Crippen LogP contribution is -1.98. The van der Waals surface area contributed by atoms with Crippen LogP contribution in [0.5, 0.6) is 11.5 Å². The van der Waals surface area contributed by atoms with Gasteiger partial charge in [0.15, 0.2) is 0 Å². The van der Waals surface area contributed by atoms with Gasteiger partial charge in [-0.1, -0.05) is 93.6 Å². The minimum Gasteiger partial charge on any atom is -0.494 e. The van der Waals surface area contributed by atoms with Crippen molar-refractivity contribution >= 4 is 0 Å². The second-order valence-electron chi connectivity index (χ2n) is 7.44. The Balaban J connectivity index is 1.39. The Morgan fingerprint density at radius 1 is 0.552 bits per heavy atom. The molecule has 0 heterocycles. The summed E-state index contributed by atoms with van der Waals surface area (Å²) in [5, 5.41) is 0. The molecule has 3 aromatic rings. The largest absolute Gasteiger partial charge is 0.494 e. The van der Waals surface area contributed by atoms with Crippen LogP contribution < -0.4 is 9.47 Å². The van der Waals surface area contributed by atoms with Crippen molar-refractivity contribution in [2.24, 2.45) is 0 Å². The first kappa shape index (κ1) is 21.0. The highest BCUT2D eigenvalue weighted by Crippen LogP contribution is 2.23. The summed E-state index contributed by atoms with van der Waals surface area (Å²) < 4.78 is 11.8. The maximum atomic E-state index is 5.93. The molecular weight excluding hydrogens is 356 g/mol. The third-order valence-corrected chi connectivity index (χ3v) is 5.06. The fourth-order valence-corrected chi connectivity index (χ4v) is 3.30. The van der Waals surface area contributed by atoms with Crippen LogP contribution in [0.15, 0.2) is 78.9 Å². The summed E-state index contributed by atoms with van der Waals surface area (Å²) in [6.07, 6.45) is 7.70. The van der Waals surface area contributed by atoms with Crippen molar-refractivity contribution in [3.05, 3.63) is 84.4 Å². The van der Waals surface area contributed by atoms with E-state index in [2.05, 4.69) is 55.5 Å². The molecule has 152 valence electrons. The quantitative estimate of drug-likeness (QED) is 0.296. The van der Waals surface area contributed by atoms with Crippen LogP contribution in [0.2, 0.25) is 0 Å². The molecule has 0 N–H and O–H groups in total. The Morgan fingerprint density at radius 2 is 1.14 bits per heavy atom. The van der Waals surface area contributed by atoms with E-state index < -0.39 is 0 Å². The Labute approximate surface area is 175 Å². The fourth-order valence-electron chi connectivity index (χ4n) is 3.30. The average Bonchev–Trinajstić information content (AvgIpc) is 2.79. The van der Waals surface area contributed by atoms with Crippen LogP contribution in [0.25, 0.3) is 11.1 Å². The zero-order chi connectivity index (χ0) is 20.2. The van der Waals surface area contributed by atoms with Gasteiger partial charge < -0.3 is 9.47 Å². The Kier molecular flexibility index (Phi) is 8.65. The van der Waals surface area contributed by atoms with Crippen LogP contribution in [-0.4, -0.2) is 6.61 Å². The van der Waals surface area contributed by atoms with Gasteiger partial charge in [-0.05, 0) is 47.4 Å². The van der Waals surface area contributed by atoms with Gasteiger partial charge in [-0.3, -0.25) is 0 Å². The van der Waals surface area contributed by atoms with Gasteiger partial charge in [-0.15, -0.1) is 0 Å². The Bertz CT molecular complexity index is 807. The van der Waals surface area contributed by atoms with Crippen LogP contribution in [-0.2, 0) is 6.61 Å². The van der Waals surface area contributed by atoms with Crippen LogP contribution >= 0.6 is 0 Å². The molecule has 0 aliphatic heterocycles. The number of hydrogen-bond acceptors (Lipinski definition) is 2. The van der Waals surface area contributed by atoms with E-state index in [9.17, 15) is 0 Å². The zero-order valence-corrected chi connectivity index (χ0v) is 17.5. The molecule has 0 saturated heterocycles. The zero-order valence-electron chi connectivity index (χ0n) is 17.5. The molecule has 0 aliphatic carbocycles. The number of ether oxygens (including phenoxy) is 2. The molecule has 3 rings (SSSR count). The van der Waals surface area contributed by atoms with E-state index in [1.165, 1.54) is 43.2 Å². The molecule has 0 bridgehead atoms. The third-order valence-electron chi connectivity index (χ3n) is 5.06. The van der Waals surface area contributed by atoms with Gasteiger partial charge in [-0.2, -0.15) is 0 Å². The summed E-state index contributed by atoms with van der Waals surface area (Å²) in [5.41, 5.74) is 3.56. The molecule has 0 spiro atoms. The highest BCUT2D eigenvalue weighted by molar-refractivity contribution is 5.63. The SMILES string of the molecule is CCCCCCCCOc1ccc(COc2ccc(-c3ccccc3)cc2)cc1. The van der Waals surface area contributed by atoms with E-state index in [0.29, 0.717) is 6.61 Å². The maximum absolute atomic E-state index is 5.93. The third kappa shape index (κ3) is 7.30. The minimum atomic E-state index is 0.558. The van der Waals surface area contributed by atoms with Crippen LogP contribution in [0.1, 0.15) is 51.0 Å². The van der Waals surface area contributed by atoms with Gasteiger partial charge >= 0.3 is 0 Å². The minimum absolute atomic E-state index is 0.558. The Hall–Kier alpha value is -2.74. The highest BCUT2D eigenvalue weighted by Gasteiger charge is 2.00. The number of rotatable bonds is 12. The van der Waals surface area contributed by atoms with Crippen molar-refractivity contribution in [3.63, 3.8) is 0 Å². The molecule has 0 radical (unpaired) electrons. The number of hydrogen-bond donors (Lipinski definition) is 0. The lowest BCUT2D eigenvalue weighted by Gasteiger charge is -2.09. The molecule has 2 nitrogen and oxygen atoms in total. The molecule has 0 aromatic heterocycles. The van der Waals surface area contributed by atoms with Crippen molar-refractivity contribution in [2.75, 3.05) is 6.61 Å². The summed E-state index contributed by atoms with van der Waals surface area (Å²) in [6, 6.07) is 26.9. The van der Waals surface area contributed by atoms with Gasteiger partial charge in [0.1, 0.15) is 18.1 Å². The molecule has 0 atom stereocenters. The maximum Gasteiger partial charge on any atom is 0.119 e. The van der Waals surface area contributed by atoms with Crippen molar-refractivity contribution in [2.45, 2.75) is 52.1 Å². The average molecular weight is 389 g/mol. The van der Waals surface area contributed by atoms with E-state index >= 15 is 0 Å². The first-order chi connectivity index (χ1) is 14.3. The van der Waals surface area contributed by atoms with E-state index in [4.69, 9.17) is 9.47 Å². The van der Waals surface area contributed by atoms with Crippen LogP contribution in [0.4, 0.5) is 0 Å². The smallest absolute Gasteiger partial charge is 0.119 e. The summed E-state index contributed by atoms with van der Waals surface area (Å²) in [7, 11) is 0. The highest BCUT2D eigenvalue weighted by atomic mass is 16.5. The summed E-state index contributed by atoms with van der Waals surface area (Å²) in [6.45, 7) is 3.61. The van der Waals surface area contributed by atoms with Crippen molar-refractivity contribution in [1.82, 2.24) is 0 Å². The van der Waals surface area contributed by atoms with Crippen molar-refractivity contribution in [3.8, 4) is 22.6 Å². The topological polar surface area (TPSA) is 18.5 Å². The molecule has 0 unspecified atom stereocenters. The second-order valence-corrected chi connectivity index (χ2v) is 7.44. The first-order valence-corrected chi connectivity index (χ1v) is 10.8. The van der Waals surface area contributed by atoms with Crippen LogP contribution in [0.3, 0.4) is 0 Å². The predicted octanol–water partition coefficient (Wildman–Crippen LogP) is 7.67. The molecule has 0 aliphatic rings. The normalized spacial score (nSPS) is 10.7. The molecule has 3 aromatic carbocycles. The molecule has 2 heteroatoms. The van der Waals surface area contributed by atoms with Gasteiger partial charge in [0, 0.05) is 0 Å². The summed E-state index contributed by atoms with van der Waals surface area (Å²) >= 11 is 0. The van der Waals surface area contributed by atoms with Crippen molar-refractivity contribution in [1.29, 1.82) is 0 Å². The van der Waals surface area contributed by atoms with Crippen molar-refractivity contribution < 1.29 is 9.47 Å². The van der Waals surface area contributed by atoms with Gasteiger partial charge in [0.05, 0.1) is 6.61 Å². The number of benzene rings is 3. The van der Waals surface area contributed by atoms with E-state index in [1.54, 1.807) is 0 Å². The van der Waals surface area contributed by atoms with Gasteiger partial charge in [0.2, 0.25) is 0 Å². The monoisotopic (exact) mass is 388 g/mol.